The van der Waals surface area contributed by atoms with E-state index in [0.29, 0.717) is 12.6 Å². The van der Waals surface area contributed by atoms with Crippen molar-refractivity contribution in [2.75, 3.05) is 13.7 Å². The van der Waals surface area contributed by atoms with Gasteiger partial charge in [-0.05, 0) is 59.0 Å². The summed E-state index contributed by atoms with van der Waals surface area (Å²) in [5.74, 6) is 1.49. The van der Waals surface area contributed by atoms with Gasteiger partial charge in [0.05, 0.1) is 11.6 Å². The van der Waals surface area contributed by atoms with E-state index < -0.39 is 0 Å². The summed E-state index contributed by atoms with van der Waals surface area (Å²) < 4.78 is 12.0. The van der Waals surface area contributed by atoms with Gasteiger partial charge in [0.15, 0.2) is 11.5 Å². The van der Waals surface area contributed by atoms with Crippen molar-refractivity contribution in [1.29, 1.82) is 0 Å². The molecule has 104 valence electrons. The van der Waals surface area contributed by atoms with Gasteiger partial charge in [-0.15, -0.1) is 0 Å². The number of halogens is 1. The molecule has 1 aliphatic carbocycles. The number of hydrogen-bond acceptors (Lipinski definition) is 3. The van der Waals surface area contributed by atoms with E-state index in [1.165, 1.54) is 18.4 Å². The summed E-state index contributed by atoms with van der Waals surface area (Å²) in [5.41, 5.74) is 2.17. The first-order valence-corrected chi connectivity index (χ1v) is 7.26. The van der Waals surface area contributed by atoms with Gasteiger partial charge in [-0.1, -0.05) is 6.58 Å². The number of benzene rings is 1. The van der Waals surface area contributed by atoms with Crippen LogP contribution in [0.5, 0.6) is 11.5 Å². The van der Waals surface area contributed by atoms with Gasteiger partial charge in [0.1, 0.15) is 6.61 Å². The topological polar surface area (TPSA) is 30.5 Å². The standard InChI is InChI=1S/C15H20BrNO2/c1-10(2)9-19-15-13(16)6-11(7-14(15)18-3)8-17-12-4-5-12/h6-7,12,17H,1,4-5,8-9H2,2-3H3. The van der Waals surface area contributed by atoms with E-state index in [1.54, 1.807) is 7.11 Å². The van der Waals surface area contributed by atoms with E-state index in [0.717, 1.165) is 28.1 Å². The van der Waals surface area contributed by atoms with Crippen LogP contribution in [-0.2, 0) is 6.54 Å². The number of hydrogen-bond donors (Lipinski definition) is 1. The van der Waals surface area contributed by atoms with Crippen LogP contribution >= 0.6 is 15.9 Å². The Morgan fingerprint density at radius 2 is 2.21 bits per heavy atom. The third-order valence-corrected chi connectivity index (χ3v) is 3.51. The number of methoxy groups -OCH3 is 1. The van der Waals surface area contributed by atoms with Gasteiger partial charge < -0.3 is 14.8 Å². The predicted octanol–water partition coefficient (Wildman–Crippen LogP) is 3.66. The van der Waals surface area contributed by atoms with Crippen LogP contribution < -0.4 is 14.8 Å². The number of nitrogens with one attached hydrogen (secondary N) is 1. The van der Waals surface area contributed by atoms with E-state index in [1.807, 2.05) is 13.0 Å². The minimum absolute atomic E-state index is 0.495. The van der Waals surface area contributed by atoms with Gasteiger partial charge >= 0.3 is 0 Å². The van der Waals surface area contributed by atoms with Gasteiger partial charge in [-0.3, -0.25) is 0 Å². The van der Waals surface area contributed by atoms with Crippen molar-refractivity contribution in [3.63, 3.8) is 0 Å². The van der Waals surface area contributed by atoms with Gasteiger partial charge in [0.25, 0.3) is 0 Å². The predicted molar refractivity (Wildman–Crippen MR) is 80.9 cm³/mol. The van der Waals surface area contributed by atoms with E-state index >= 15 is 0 Å². The first-order chi connectivity index (χ1) is 9.10. The smallest absolute Gasteiger partial charge is 0.175 e. The molecule has 0 radical (unpaired) electrons. The highest BCUT2D eigenvalue weighted by Gasteiger charge is 2.20. The van der Waals surface area contributed by atoms with Crippen molar-refractivity contribution >= 4 is 15.9 Å². The number of ether oxygens (including phenoxy) is 2. The van der Waals surface area contributed by atoms with Gasteiger partial charge in [0, 0.05) is 12.6 Å². The molecule has 0 aliphatic heterocycles. The summed E-state index contributed by atoms with van der Waals surface area (Å²) in [4.78, 5) is 0. The van der Waals surface area contributed by atoms with Crippen LogP contribution in [0, 0.1) is 0 Å². The Balaban J connectivity index is 2.10. The molecule has 2 rings (SSSR count). The monoisotopic (exact) mass is 325 g/mol. The molecule has 0 spiro atoms. The second-order valence-electron chi connectivity index (χ2n) is 5.01. The molecule has 1 aliphatic rings. The minimum atomic E-state index is 0.495. The maximum atomic E-state index is 5.72. The molecule has 3 nitrogen and oxygen atoms in total. The van der Waals surface area contributed by atoms with Crippen LogP contribution in [0.3, 0.4) is 0 Å². The largest absolute Gasteiger partial charge is 0.493 e. The second-order valence-corrected chi connectivity index (χ2v) is 5.86. The van der Waals surface area contributed by atoms with Gasteiger partial charge in [-0.2, -0.15) is 0 Å². The average Bonchev–Trinajstić information content (AvgIpc) is 3.18. The van der Waals surface area contributed by atoms with Crippen molar-refractivity contribution in [2.45, 2.75) is 32.4 Å². The van der Waals surface area contributed by atoms with Crippen LogP contribution in [0.1, 0.15) is 25.3 Å². The van der Waals surface area contributed by atoms with E-state index in [4.69, 9.17) is 9.47 Å². The second kappa shape index (κ2) is 6.44. The van der Waals surface area contributed by atoms with Crippen molar-refractivity contribution in [3.05, 3.63) is 34.3 Å². The molecule has 0 amide bonds. The van der Waals surface area contributed by atoms with Gasteiger partial charge in [0.2, 0.25) is 0 Å². The fourth-order valence-corrected chi connectivity index (χ4v) is 2.36. The van der Waals surface area contributed by atoms with Crippen LogP contribution in [0.4, 0.5) is 0 Å². The lowest BCUT2D eigenvalue weighted by molar-refractivity contribution is 0.317. The molecule has 0 bridgehead atoms. The average molecular weight is 326 g/mol. The van der Waals surface area contributed by atoms with E-state index in [2.05, 4.69) is 33.9 Å². The normalized spacial score (nSPS) is 14.3. The molecular formula is C15H20BrNO2. The molecule has 0 aromatic heterocycles. The van der Waals surface area contributed by atoms with Crippen LogP contribution in [-0.4, -0.2) is 19.8 Å². The molecule has 0 unspecified atom stereocenters. The molecular weight excluding hydrogens is 306 g/mol. The Bertz CT molecular complexity index is 469. The maximum absolute atomic E-state index is 5.72. The first-order valence-electron chi connectivity index (χ1n) is 6.47. The molecule has 1 aromatic carbocycles. The fraction of sp³-hybridized carbons (Fsp3) is 0.467. The highest BCUT2D eigenvalue weighted by molar-refractivity contribution is 9.10. The Morgan fingerprint density at radius 3 is 2.79 bits per heavy atom. The summed E-state index contributed by atoms with van der Waals surface area (Å²) in [7, 11) is 1.66. The Morgan fingerprint density at radius 1 is 1.47 bits per heavy atom. The highest BCUT2D eigenvalue weighted by atomic mass is 79.9. The lowest BCUT2D eigenvalue weighted by Crippen LogP contribution is -2.15. The Labute approximate surface area is 123 Å². The van der Waals surface area contributed by atoms with Crippen LogP contribution in [0.15, 0.2) is 28.8 Å². The molecule has 1 saturated carbocycles. The molecule has 1 fully saturated rings. The lowest BCUT2D eigenvalue weighted by Gasteiger charge is -2.14. The Hall–Kier alpha value is -1.00. The van der Waals surface area contributed by atoms with Crippen molar-refractivity contribution in [1.82, 2.24) is 5.32 Å². The Kier molecular flexibility index (Phi) is 4.88. The highest BCUT2D eigenvalue weighted by Crippen LogP contribution is 2.37. The van der Waals surface area contributed by atoms with E-state index in [9.17, 15) is 0 Å². The van der Waals surface area contributed by atoms with Crippen LogP contribution in [0.2, 0.25) is 0 Å². The van der Waals surface area contributed by atoms with Crippen LogP contribution in [0.25, 0.3) is 0 Å². The van der Waals surface area contributed by atoms with Gasteiger partial charge in [-0.25, -0.2) is 0 Å². The van der Waals surface area contributed by atoms with Crippen molar-refractivity contribution in [3.8, 4) is 11.5 Å². The molecule has 0 saturated heterocycles. The molecule has 19 heavy (non-hydrogen) atoms. The van der Waals surface area contributed by atoms with Crippen molar-refractivity contribution in [2.24, 2.45) is 0 Å². The summed E-state index contributed by atoms with van der Waals surface area (Å²) in [5, 5.41) is 3.49. The quantitative estimate of drug-likeness (QED) is 0.776. The third-order valence-electron chi connectivity index (χ3n) is 2.92. The zero-order chi connectivity index (χ0) is 13.8. The summed E-state index contributed by atoms with van der Waals surface area (Å²) >= 11 is 3.55. The molecule has 0 heterocycles. The molecule has 1 N–H and O–H groups in total. The molecule has 1 aromatic rings. The summed E-state index contributed by atoms with van der Waals surface area (Å²) in [6, 6.07) is 4.80. The number of rotatable bonds is 7. The first kappa shape index (κ1) is 14.4. The lowest BCUT2D eigenvalue weighted by atomic mass is 10.2. The SMILES string of the molecule is C=C(C)COc1c(Br)cc(CNC2CC2)cc1OC. The third kappa shape index (κ3) is 4.25. The summed E-state index contributed by atoms with van der Waals surface area (Å²) in [6.07, 6.45) is 2.58. The zero-order valence-corrected chi connectivity index (χ0v) is 13.0. The maximum Gasteiger partial charge on any atom is 0.175 e. The minimum Gasteiger partial charge on any atom is -0.493 e. The summed E-state index contributed by atoms with van der Waals surface area (Å²) in [6.45, 7) is 7.13. The molecule has 4 heteroatoms. The zero-order valence-electron chi connectivity index (χ0n) is 11.5. The van der Waals surface area contributed by atoms with Crippen molar-refractivity contribution < 1.29 is 9.47 Å². The van der Waals surface area contributed by atoms with E-state index in [-0.39, 0.29) is 0 Å². The fourth-order valence-electron chi connectivity index (χ4n) is 1.76. The molecule has 0 atom stereocenters.